The second-order valence-electron chi connectivity index (χ2n) is 2.98. The molecule has 0 bridgehead atoms. The van der Waals surface area contributed by atoms with Crippen LogP contribution in [0.5, 0.6) is 0 Å². The second kappa shape index (κ2) is 4.21. The molecule has 0 aliphatic carbocycles. The normalized spacial score (nSPS) is 11.3. The molecule has 0 aliphatic rings. The van der Waals surface area contributed by atoms with E-state index in [0.29, 0.717) is 6.07 Å². The summed E-state index contributed by atoms with van der Waals surface area (Å²) in [6, 6.07) is 0.617. The van der Waals surface area contributed by atoms with Crippen LogP contribution in [0.3, 0.4) is 0 Å². The van der Waals surface area contributed by atoms with E-state index in [1.807, 2.05) is 0 Å². The van der Waals surface area contributed by atoms with E-state index in [0.717, 1.165) is 0 Å². The molecular formula is C8H4ClF3N2O3. The summed E-state index contributed by atoms with van der Waals surface area (Å²) in [5.74, 6) is -1.27. The van der Waals surface area contributed by atoms with Gasteiger partial charge in [0, 0.05) is 6.07 Å². The standard InChI is InChI=1S/C8H4ClF3N2O3/c9-6-4(7(13)15)1-3(8(10,11)12)2-5(6)14(16)17/h1-2H,(H2,13,15). The average Bonchev–Trinajstić information content (AvgIpc) is 2.14. The number of alkyl halides is 3. The van der Waals surface area contributed by atoms with Crippen LogP contribution in [0.1, 0.15) is 15.9 Å². The lowest BCUT2D eigenvalue weighted by Crippen LogP contribution is -2.15. The lowest BCUT2D eigenvalue weighted by molar-refractivity contribution is -0.385. The molecule has 9 heteroatoms. The average molecular weight is 269 g/mol. The van der Waals surface area contributed by atoms with Crippen molar-refractivity contribution in [2.45, 2.75) is 6.18 Å². The third-order valence-corrected chi connectivity index (χ3v) is 2.24. The van der Waals surface area contributed by atoms with Gasteiger partial charge in [0.2, 0.25) is 5.91 Å². The van der Waals surface area contributed by atoms with Crippen molar-refractivity contribution in [3.8, 4) is 0 Å². The van der Waals surface area contributed by atoms with Crippen LogP contribution in [0.15, 0.2) is 12.1 Å². The van der Waals surface area contributed by atoms with Crippen molar-refractivity contribution in [2.75, 3.05) is 0 Å². The lowest BCUT2D eigenvalue weighted by Gasteiger charge is -2.09. The Hall–Kier alpha value is -1.83. The number of nitro groups is 1. The third kappa shape index (κ3) is 2.64. The van der Waals surface area contributed by atoms with Gasteiger partial charge < -0.3 is 5.73 Å². The fourth-order valence-corrected chi connectivity index (χ4v) is 1.36. The van der Waals surface area contributed by atoms with E-state index >= 15 is 0 Å². The number of halogens is 4. The predicted octanol–water partition coefficient (Wildman–Crippen LogP) is 2.37. The first-order valence-corrected chi connectivity index (χ1v) is 4.37. The van der Waals surface area contributed by atoms with Gasteiger partial charge in [-0.05, 0) is 6.07 Å². The molecule has 0 heterocycles. The topological polar surface area (TPSA) is 86.2 Å². The highest BCUT2D eigenvalue weighted by molar-refractivity contribution is 6.35. The van der Waals surface area contributed by atoms with Gasteiger partial charge in [-0.25, -0.2) is 0 Å². The number of nitro benzene ring substituents is 1. The van der Waals surface area contributed by atoms with Gasteiger partial charge in [0.25, 0.3) is 5.69 Å². The molecule has 0 spiro atoms. The molecule has 1 amide bonds. The first-order valence-electron chi connectivity index (χ1n) is 3.99. The molecule has 0 fully saturated rings. The van der Waals surface area contributed by atoms with Gasteiger partial charge in [-0.1, -0.05) is 11.6 Å². The molecule has 1 aromatic rings. The summed E-state index contributed by atoms with van der Waals surface area (Å²) in [6.45, 7) is 0. The summed E-state index contributed by atoms with van der Waals surface area (Å²) < 4.78 is 37.2. The van der Waals surface area contributed by atoms with E-state index in [9.17, 15) is 28.1 Å². The Labute approximate surface area is 97.1 Å². The SMILES string of the molecule is NC(=O)c1cc(C(F)(F)F)cc([N+](=O)[O-])c1Cl. The number of hydrogen-bond acceptors (Lipinski definition) is 3. The number of carbonyl (C=O) groups excluding carboxylic acids is 1. The molecular weight excluding hydrogens is 265 g/mol. The summed E-state index contributed by atoms with van der Waals surface area (Å²) in [6.07, 6.45) is -4.83. The number of rotatable bonds is 2. The molecule has 0 saturated carbocycles. The van der Waals surface area contributed by atoms with Crippen LogP contribution in [-0.4, -0.2) is 10.8 Å². The smallest absolute Gasteiger partial charge is 0.366 e. The van der Waals surface area contributed by atoms with Gasteiger partial charge in [-0.2, -0.15) is 13.2 Å². The maximum atomic E-state index is 12.4. The molecule has 17 heavy (non-hydrogen) atoms. The fourth-order valence-electron chi connectivity index (χ4n) is 1.08. The minimum atomic E-state index is -4.83. The van der Waals surface area contributed by atoms with E-state index in [1.165, 1.54) is 0 Å². The minimum Gasteiger partial charge on any atom is -0.366 e. The van der Waals surface area contributed by atoms with Crippen LogP contribution in [-0.2, 0) is 6.18 Å². The molecule has 0 aliphatic heterocycles. The van der Waals surface area contributed by atoms with E-state index in [4.69, 9.17) is 17.3 Å². The largest absolute Gasteiger partial charge is 0.416 e. The Morgan fingerprint density at radius 2 is 1.94 bits per heavy atom. The number of nitrogens with two attached hydrogens (primary N) is 1. The molecule has 0 atom stereocenters. The van der Waals surface area contributed by atoms with Gasteiger partial charge in [-0.3, -0.25) is 14.9 Å². The molecule has 0 saturated heterocycles. The van der Waals surface area contributed by atoms with Crippen LogP contribution in [0.2, 0.25) is 5.02 Å². The Kier molecular flexibility index (Phi) is 3.28. The van der Waals surface area contributed by atoms with E-state index in [-0.39, 0.29) is 6.07 Å². The van der Waals surface area contributed by atoms with E-state index < -0.39 is 38.8 Å². The maximum absolute atomic E-state index is 12.4. The quantitative estimate of drug-likeness (QED) is 0.660. The summed E-state index contributed by atoms with van der Waals surface area (Å²) in [4.78, 5) is 20.2. The molecule has 92 valence electrons. The van der Waals surface area contributed by atoms with Crippen molar-refractivity contribution in [1.82, 2.24) is 0 Å². The van der Waals surface area contributed by atoms with Crippen molar-refractivity contribution in [3.63, 3.8) is 0 Å². The van der Waals surface area contributed by atoms with Crippen molar-refractivity contribution in [1.29, 1.82) is 0 Å². The van der Waals surface area contributed by atoms with E-state index in [1.54, 1.807) is 0 Å². The molecule has 0 radical (unpaired) electrons. The van der Waals surface area contributed by atoms with Crippen LogP contribution < -0.4 is 5.73 Å². The summed E-state index contributed by atoms with van der Waals surface area (Å²) in [5, 5.41) is 9.76. The zero-order valence-electron chi connectivity index (χ0n) is 7.92. The van der Waals surface area contributed by atoms with Crippen molar-refractivity contribution >= 4 is 23.2 Å². The Bertz CT molecular complexity index is 466. The van der Waals surface area contributed by atoms with Crippen molar-refractivity contribution in [2.24, 2.45) is 5.73 Å². The molecule has 1 aromatic carbocycles. The van der Waals surface area contributed by atoms with Gasteiger partial charge in [0.05, 0.1) is 16.1 Å². The summed E-state index contributed by atoms with van der Waals surface area (Å²) >= 11 is 5.41. The number of nitrogens with zero attached hydrogens (tertiary/aromatic N) is 1. The van der Waals surface area contributed by atoms with Crippen LogP contribution >= 0.6 is 11.6 Å². The summed E-state index contributed by atoms with van der Waals surface area (Å²) in [7, 11) is 0. The Balaban J connectivity index is 3.59. The van der Waals surface area contributed by atoms with Crippen LogP contribution in [0, 0.1) is 10.1 Å². The van der Waals surface area contributed by atoms with Gasteiger partial charge >= 0.3 is 6.18 Å². The Morgan fingerprint density at radius 1 is 1.41 bits per heavy atom. The van der Waals surface area contributed by atoms with Gasteiger partial charge in [0.15, 0.2) is 0 Å². The lowest BCUT2D eigenvalue weighted by atomic mass is 10.1. The molecule has 1 rings (SSSR count). The predicted molar refractivity (Wildman–Crippen MR) is 51.6 cm³/mol. The van der Waals surface area contributed by atoms with Crippen molar-refractivity contribution in [3.05, 3.63) is 38.4 Å². The molecule has 0 aromatic heterocycles. The first kappa shape index (κ1) is 13.2. The third-order valence-electron chi connectivity index (χ3n) is 1.84. The maximum Gasteiger partial charge on any atom is 0.416 e. The number of carbonyl (C=O) groups is 1. The zero-order valence-corrected chi connectivity index (χ0v) is 8.67. The minimum absolute atomic E-state index is 0.245. The highest BCUT2D eigenvalue weighted by atomic mass is 35.5. The van der Waals surface area contributed by atoms with Gasteiger partial charge in [0.1, 0.15) is 5.02 Å². The number of hydrogen-bond donors (Lipinski definition) is 1. The van der Waals surface area contributed by atoms with Crippen LogP contribution in [0.25, 0.3) is 0 Å². The molecule has 2 N–H and O–H groups in total. The number of primary amides is 1. The number of amides is 1. The second-order valence-corrected chi connectivity index (χ2v) is 3.35. The zero-order chi connectivity index (χ0) is 13.4. The molecule has 0 unspecified atom stereocenters. The van der Waals surface area contributed by atoms with E-state index in [2.05, 4.69) is 0 Å². The van der Waals surface area contributed by atoms with Crippen molar-refractivity contribution < 1.29 is 22.9 Å². The monoisotopic (exact) mass is 268 g/mol. The summed E-state index contributed by atoms with van der Waals surface area (Å²) in [5.41, 5.74) is 1.66. The van der Waals surface area contributed by atoms with Crippen LogP contribution in [0.4, 0.5) is 18.9 Å². The van der Waals surface area contributed by atoms with Gasteiger partial charge in [-0.15, -0.1) is 0 Å². The fraction of sp³-hybridized carbons (Fsp3) is 0.125. The Morgan fingerprint density at radius 3 is 2.29 bits per heavy atom. The first-order chi connectivity index (χ1) is 7.64. The number of benzene rings is 1. The molecule has 5 nitrogen and oxygen atoms in total. The highest BCUT2D eigenvalue weighted by Crippen LogP contribution is 2.36. The highest BCUT2D eigenvalue weighted by Gasteiger charge is 2.35.